The van der Waals surface area contributed by atoms with Crippen molar-refractivity contribution in [2.24, 2.45) is 23.5 Å². The standard InChI is InChI=1S/C16H19F4N/c17-14-4-3-11(7-13(14)16(18,19)20)15(21)8-12-6-9-1-2-10(12)5-9/h3-4,7,9-10,12,15H,1-2,5-6,8,21H2. The summed E-state index contributed by atoms with van der Waals surface area (Å²) < 4.78 is 51.5. The molecule has 1 nitrogen and oxygen atoms in total. The molecule has 116 valence electrons. The summed E-state index contributed by atoms with van der Waals surface area (Å²) in [5.41, 5.74) is 5.24. The van der Waals surface area contributed by atoms with E-state index in [-0.39, 0.29) is 0 Å². The van der Waals surface area contributed by atoms with Crippen LogP contribution in [0.5, 0.6) is 0 Å². The van der Waals surface area contributed by atoms with Crippen LogP contribution in [0.15, 0.2) is 18.2 Å². The summed E-state index contributed by atoms with van der Waals surface area (Å²) in [6.07, 6.45) is 0.918. The molecular weight excluding hydrogens is 282 g/mol. The third-order valence-corrected chi connectivity index (χ3v) is 5.17. The Hall–Kier alpha value is -1.10. The van der Waals surface area contributed by atoms with Crippen LogP contribution >= 0.6 is 0 Å². The van der Waals surface area contributed by atoms with Crippen molar-refractivity contribution >= 4 is 0 Å². The number of halogens is 4. The first-order chi connectivity index (χ1) is 9.84. The van der Waals surface area contributed by atoms with E-state index in [1.165, 1.54) is 25.3 Å². The predicted molar refractivity (Wildman–Crippen MR) is 71.9 cm³/mol. The average molecular weight is 301 g/mol. The van der Waals surface area contributed by atoms with Crippen molar-refractivity contribution in [1.29, 1.82) is 0 Å². The lowest BCUT2D eigenvalue weighted by Gasteiger charge is -2.25. The fourth-order valence-corrected chi connectivity index (χ4v) is 4.12. The second-order valence-corrected chi connectivity index (χ2v) is 6.51. The van der Waals surface area contributed by atoms with E-state index in [4.69, 9.17) is 5.73 Å². The molecule has 5 heteroatoms. The Morgan fingerprint density at radius 3 is 2.52 bits per heavy atom. The molecule has 2 aliphatic carbocycles. The van der Waals surface area contributed by atoms with E-state index < -0.39 is 23.6 Å². The molecule has 1 aromatic rings. The largest absolute Gasteiger partial charge is 0.419 e. The summed E-state index contributed by atoms with van der Waals surface area (Å²) in [7, 11) is 0. The van der Waals surface area contributed by atoms with Crippen LogP contribution in [0.25, 0.3) is 0 Å². The van der Waals surface area contributed by atoms with Gasteiger partial charge >= 0.3 is 6.18 Å². The molecule has 0 heterocycles. The smallest absolute Gasteiger partial charge is 0.324 e. The lowest BCUT2D eigenvalue weighted by molar-refractivity contribution is -0.140. The second-order valence-electron chi connectivity index (χ2n) is 6.51. The number of rotatable bonds is 3. The van der Waals surface area contributed by atoms with Gasteiger partial charge in [0.2, 0.25) is 0 Å². The first-order valence-electron chi connectivity index (χ1n) is 7.47. The summed E-state index contributed by atoms with van der Waals surface area (Å²) in [5.74, 6) is 0.742. The van der Waals surface area contributed by atoms with E-state index in [9.17, 15) is 17.6 Å². The Labute approximate surface area is 121 Å². The van der Waals surface area contributed by atoms with Gasteiger partial charge in [0.1, 0.15) is 5.82 Å². The molecule has 0 saturated heterocycles. The van der Waals surface area contributed by atoms with Gasteiger partial charge in [-0.3, -0.25) is 0 Å². The Morgan fingerprint density at radius 1 is 1.19 bits per heavy atom. The number of nitrogens with two attached hydrogens (primary N) is 1. The summed E-state index contributed by atoms with van der Waals surface area (Å²) in [4.78, 5) is 0. The van der Waals surface area contributed by atoms with E-state index in [1.54, 1.807) is 0 Å². The minimum absolute atomic E-state index is 0.381. The first kappa shape index (κ1) is 14.8. The van der Waals surface area contributed by atoms with Gasteiger partial charge in [-0.25, -0.2) is 4.39 Å². The molecular formula is C16H19F4N. The van der Waals surface area contributed by atoms with Crippen molar-refractivity contribution < 1.29 is 17.6 Å². The number of hydrogen-bond acceptors (Lipinski definition) is 1. The van der Waals surface area contributed by atoms with Crippen molar-refractivity contribution in [1.82, 2.24) is 0 Å². The Balaban J connectivity index is 1.74. The maximum absolute atomic E-state index is 13.3. The molecule has 0 aromatic heterocycles. The molecule has 2 N–H and O–H groups in total. The second kappa shape index (κ2) is 5.27. The van der Waals surface area contributed by atoms with Gasteiger partial charge in [-0.2, -0.15) is 13.2 Å². The maximum Gasteiger partial charge on any atom is 0.419 e. The van der Waals surface area contributed by atoms with Crippen molar-refractivity contribution in [2.45, 2.75) is 44.3 Å². The molecule has 0 amide bonds. The Morgan fingerprint density at radius 2 is 1.95 bits per heavy atom. The third kappa shape index (κ3) is 2.93. The molecule has 4 unspecified atom stereocenters. The molecule has 2 saturated carbocycles. The van der Waals surface area contributed by atoms with E-state index in [0.29, 0.717) is 23.8 Å². The van der Waals surface area contributed by atoms with Gasteiger partial charge in [0.15, 0.2) is 0 Å². The van der Waals surface area contributed by atoms with Crippen LogP contribution in [-0.4, -0.2) is 0 Å². The zero-order valence-corrected chi connectivity index (χ0v) is 11.7. The third-order valence-electron chi connectivity index (χ3n) is 5.17. The maximum atomic E-state index is 13.3. The highest BCUT2D eigenvalue weighted by Crippen LogP contribution is 2.50. The summed E-state index contributed by atoms with van der Waals surface area (Å²) in [5, 5.41) is 0. The topological polar surface area (TPSA) is 26.0 Å². The SMILES string of the molecule is NC(CC1CC2CCC1C2)c1ccc(F)c(C(F)(F)F)c1. The van der Waals surface area contributed by atoms with Gasteiger partial charge in [0.05, 0.1) is 5.56 Å². The summed E-state index contributed by atoms with van der Waals surface area (Å²) >= 11 is 0. The van der Waals surface area contributed by atoms with Gasteiger partial charge in [0.25, 0.3) is 0 Å². The highest BCUT2D eigenvalue weighted by molar-refractivity contribution is 5.29. The Bertz CT molecular complexity index is 525. The van der Waals surface area contributed by atoms with Crippen LogP contribution in [0.3, 0.4) is 0 Å². The molecule has 21 heavy (non-hydrogen) atoms. The minimum Gasteiger partial charge on any atom is -0.324 e. The van der Waals surface area contributed by atoms with E-state index in [1.807, 2.05) is 0 Å². The highest BCUT2D eigenvalue weighted by atomic mass is 19.4. The van der Waals surface area contributed by atoms with Crippen molar-refractivity contribution in [3.63, 3.8) is 0 Å². The molecule has 0 spiro atoms. The number of hydrogen-bond donors (Lipinski definition) is 1. The first-order valence-corrected chi connectivity index (χ1v) is 7.47. The van der Waals surface area contributed by atoms with Crippen molar-refractivity contribution in [2.75, 3.05) is 0 Å². The summed E-state index contributed by atoms with van der Waals surface area (Å²) in [6, 6.07) is 2.67. The zero-order chi connectivity index (χ0) is 15.2. The highest BCUT2D eigenvalue weighted by Gasteiger charge is 2.40. The number of alkyl halides is 3. The summed E-state index contributed by atoms with van der Waals surface area (Å²) in [6.45, 7) is 0. The van der Waals surface area contributed by atoms with Crippen LogP contribution in [0, 0.1) is 23.6 Å². The lowest BCUT2D eigenvalue weighted by Crippen LogP contribution is -2.20. The van der Waals surface area contributed by atoms with Gasteiger partial charge < -0.3 is 5.73 Å². The quantitative estimate of drug-likeness (QED) is 0.807. The van der Waals surface area contributed by atoms with Crippen LogP contribution in [0.1, 0.15) is 49.3 Å². The molecule has 4 atom stereocenters. The van der Waals surface area contributed by atoms with Crippen molar-refractivity contribution in [3.05, 3.63) is 35.1 Å². The van der Waals surface area contributed by atoms with E-state index >= 15 is 0 Å². The molecule has 0 radical (unpaired) electrons. The normalized spacial score (nSPS) is 29.9. The van der Waals surface area contributed by atoms with Gasteiger partial charge in [-0.1, -0.05) is 12.5 Å². The lowest BCUT2D eigenvalue weighted by atomic mass is 9.83. The molecule has 2 aliphatic rings. The fraction of sp³-hybridized carbons (Fsp3) is 0.625. The zero-order valence-electron chi connectivity index (χ0n) is 11.7. The van der Waals surface area contributed by atoms with Crippen LogP contribution < -0.4 is 5.73 Å². The van der Waals surface area contributed by atoms with E-state index in [0.717, 1.165) is 24.5 Å². The Kier molecular flexibility index (Phi) is 3.72. The van der Waals surface area contributed by atoms with Gasteiger partial charge in [-0.05, 0) is 61.1 Å². The van der Waals surface area contributed by atoms with Gasteiger partial charge in [-0.15, -0.1) is 0 Å². The van der Waals surface area contributed by atoms with Crippen LogP contribution in [0.2, 0.25) is 0 Å². The minimum atomic E-state index is -4.67. The van der Waals surface area contributed by atoms with Crippen LogP contribution in [-0.2, 0) is 6.18 Å². The number of fused-ring (bicyclic) bond motifs is 2. The molecule has 0 aliphatic heterocycles. The molecule has 1 aromatic carbocycles. The molecule has 3 rings (SSSR count). The predicted octanol–water partition coefficient (Wildman–Crippen LogP) is 4.67. The molecule has 2 bridgehead atoms. The number of benzene rings is 1. The molecule has 2 fully saturated rings. The van der Waals surface area contributed by atoms with E-state index in [2.05, 4.69) is 0 Å². The average Bonchev–Trinajstić information content (AvgIpc) is 3.00. The van der Waals surface area contributed by atoms with Crippen molar-refractivity contribution in [3.8, 4) is 0 Å². The monoisotopic (exact) mass is 301 g/mol. The van der Waals surface area contributed by atoms with Crippen LogP contribution in [0.4, 0.5) is 17.6 Å². The fourth-order valence-electron chi connectivity index (χ4n) is 4.12. The van der Waals surface area contributed by atoms with Gasteiger partial charge in [0, 0.05) is 6.04 Å².